The second kappa shape index (κ2) is 4.38. The van der Waals surface area contributed by atoms with E-state index < -0.39 is 0 Å². The van der Waals surface area contributed by atoms with E-state index in [2.05, 4.69) is 12.6 Å². The van der Waals surface area contributed by atoms with E-state index in [0.29, 0.717) is 0 Å². The minimum atomic E-state index is -0.203. The lowest BCUT2D eigenvalue weighted by atomic mass is 10.3. The first-order valence-electron chi connectivity index (χ1n) is 3.73. The van der Waals surface area contributed by atoms with Gasteiger partial charge in [0.1, 0.15) is 5.75 Å². The Kier molecular flexibility index (Phi) is 3.44. The molecule has 0 N–H and O–H groups in total. The van der Waals surface area contributed by atoms with E-state index in [4.69, 9.17) is 9.47 Å². The van der Waals surface area contributed by atoms with Crippen molar-refractivity contribution >= 4 is 12.6 Å². The number of benzene rings is 1. The van der Waals surface area contributed by atoms with Crippen molar-refractivity contribution in [1.82, 2.24) is 0 Å². The monoisotopic (exact) mass is 185 g/mol. The fourth-order valence-corrected chi connectivity index (χ4v) is 0.940. The first-order valence-corrected chi connectivity index (χ1v) is 4.23. The van der Waals surface area contributed by atoms with Crippen molar-refractivity contribution in [2.45, 2.75) is 18.1 Å². The fourth-order valence-electron chi connectivity index (χ4n) is 0.773. The minimum absolute atomic E-state index is 0.203. The largest absolute Gasteiger partial charge is 0.465 e. The first kappa shape index (κ1) is 9.42. The number of rotatable bonds is 3. The standard InChI is InChI=1S/C9H12O2S/c1-7(10-2)11-8-3-5-9(12)6-4-8/h3-7,12H,1-2H3/p+1. The average Bonchev–Trinajstić information content (AvgIpc) is 2.09. The van der Waals surface area contributed by atoms with E-state index in [-0.39, 0.29) is 6.29 Å². The predicted molar refractivity (Wildman–Crippen MR) is 52.0 cm³/mol. The van der Waals surface area contributed by atoms with Crippen molar-refractivity contribution in [1.29, 1.82) is 0 Å². The minimum Gasteiger partial charge on any atom is -0.465 e. The van der Waals surface area contributed by atoms with E-state index in [1.54, 1.807) is 7.11 Å². The number of methoxy groups -OCH3 is 1. The highest BCUT2D eigenvalue weighted by atomic mass is 32.1. The summed E-state index contributed by atoms with van der Waals surface area (Å²) < 4.78 is 10.3. The molecule has 0 spiro atoms. The molecule has 0 aliphatic carbocycles. The molecule has 1 atom stereocenters. The highest BCUT2D eigenvalue weighted by Crippen LogP contribution is 2.13. The van der Waals surface area contributed by atoms with Gasteiger partial charge in [0.15, 0.2) is 11.2 Å². The third kappa shape index (κ3) is 2.75. The molecule has 0 aromatic heterocycles. The molecule has 0 heterocycles. The number of hydrogen-bond donors (Lipinski definition) is 0. The van der Waals surface area contributed by atoms with E-state index >= 15 is 0 Å². The second-order valence-corrected chi connectivity index (χ2v) is 3.02. The van der Waals surface area contributed by atoms with Gasteiger partial charge in [0.05, 0.1) is 0 Å². The highest BCUT2D eigenvalue weighted by Gasteiger charge is 2.00. The summed E-state index contributed by atoms with van der Waals surface area (Å²) in [7, 11) is 1.61. The average molecular weight is 185 g/mol. The van der Waals surface area contributed by atoms with Crippen molar-refractivity contribution < 1.29 is 9.47 Å². The summed E-state index contributed by atoms with van der Waals surface area (Å²) in [6.07, 6.45) is -0.203. The van der Waals surface area contributed by atoms with Gasteiger partial charge in [-0.25, -0.2) is 0 Å². The molecule has 0 bridgehead atoms. The maximum atomic E-state index is 5.37. The van der Waals surface area contributed by atoms with Crippen LogP contribution >= 0.6 is 0 Å². The van der Waals surface area contributed by atoms with Gasteiger partial charge in [0, 0.05) is 7.11 Å². The van der Waals surface area contributed by atoms with Crippen LogP contribution < -0.4 is 4.74 Å². The van der Waals surface area contributed by atoms with Gasteiger partial charge in [0.2, 0.25) is 0 Å². The van der Waals surface area contributed by atoms with Gasteiger partial charge in [-0.1, -0.05) is 0 Å². The molecule has 12 heavy (non-hydrogen) atoms. The van der Waals surface area contributed by atoms with Crippen LogP contribution in [0, 0.1) is 0 Å². The van der Waals surface area contributed by atoms with Crippen LogP contribution in [0.2, 0.25) is 0 Å². The Bertz CT molecular complexity index is 233. The summed E-state index contributed by atoms with van der Waals surface area (Å²) in [6.45, 7) is 1.85. The van der Waals surface area contributed by atoms with Gasteiger partial charge in [-0.05, 0) is 43.8 Å². The van der Waals surface area contributed by atoms with Crippen LogP contribution in [-0.2, 0) is 17.4 Å². The van der Waals surface area contributed by atoms with Gasteiger partial charge < -0.3 is 9.47 Å². The SMILES string of the molecule is COC(C)Oc1ccc([SH2+])cc1. The van der Waals surface area contributed by atoms with Crippen molar-refractivity contribution in [3.63, 3.8) is 0 Å². The molecule has 0 fully saturated rings. The predicted octanol–water partition coefficient (Wildman–Crippen LogP) is 1.43. The summed E-state index contributed by atoms with van der Waals surface area (Å²) in [6, 6.07) is 7.62. The Morgan fingerprint density at radius 1 is 1.25 bits per heavy atom. The molecule has 0 radical (unpaired) electrons. The van der Waals surface area contributed by atoms with Crippen molar-refractivity contribution in [3.05, 3.63) is 24.3 Å². The lowest BCUT2D eigenvalue weighted by Crippen LogP contribution is -2.13. The zero-order valence-corrected chi connectivity index (χ0v) is 8.20. The number of hydrogen-bond acceptors (Lipinski definition) is 2. The zero-order valence-electron chi connectivity index (χ0n) is 7.20. The summed E-state index contributed by atoms with van der Waals surface area (Å²) in [4.78, 5) is 1.03. The topological polar surface area (TPSA) is 18.5 Å². The molecule has 0 aliphatic rings. The zero-order chi connectivity index (χ0) is 8.97. The fraction of sp³-hybridized carbons (Fsp3) is 0.333. The molecule has 0 saturated carbocycles. The lowest BCUT2D eigenvalue weighted by Gasteiger charge is -2.11. The molecule has 66 valence electrons. The van der Waals surface area contributed by atoms with Crippen LogP contribution in [0.1, 0.15) is 6.92 Å². The van der Waals surface area contributed by atoms with Crippen molar-refractivity contribution in [3.8, 4) is 5.75 Å². The number of ether oxygens (including phenoxy) is 2. The normalized spacial score (nSPS) is 12.6. The summed E-state index contributed by atoms with van der Waals surface area (Å²) in [5.41, 5.74) is 0. The maximum absolute atomic E-state index is 5.37. The molecular weight excluding hydrogens is 172 g/mol. The molecule has 0 aliphatic heterocycles. The van der Waals surface area contributed by atoms with Gasteiger partial charge in [-0.15, -0.1) is 0 Å². The Hall–Kier alpha value is -0.670. The quantitative estimate of drug-likeness (QED) is 0.524. The lowest BCUT2D eigenvalue weighted by molar-refractivity contribution is -0.0383. The summed E-state index contributed by atoms with van der Waals surface area (Å²) in [5, 5.41) is 0. The van der Waals surface area contributed by atoms with Crippen LogP contribution in [-0.4, -0.2) is 13.4 Å². The Morgan fingerprint density at radius 3 is 2.33 bits per heavy atom. The molecule has 1 unspecified atom stereocenters. The van der Waals surface area contributed by atoms with Gasteiger partial charge in [0.25, 0.3) is 0 Å². The van der Waals surface area contributed by atoms with Crippen LogP contribution in [0.5, 0.6) is 5.75 Å². The van der Waals surface area contributed by atoms with E-state index in [0.717, 1.165) is 10.6 Å². The molecular formula is C9H13O2S+. The molecule has 1 aromatic rings. The van der Waals surface area contributed by atoms with E-state index in [9.17, 15) is 0 Å². The van der Waals surface area contributed by atoms with Gasteiger partial charge in [-0.2, -0.15) is 0 Å². The Labute approximate surface area is 77.9 Å². The van der Waals surface area contributed by atoms with Crippen LogP contribution in [0.3, 0.4) is 0 Å². The van der Waals surface area contributed by atoms with Crippen molar-refractivity contribution in [2.24, 2.45) is 0 Å². The molecule has 1 aromatic carbocycles. The molecule has 0 amide bonds. The van der Waals surface area contributed by atoms with E-state index in [1.165, 1.54) is 0 Å². The third-order valence-corrected chi connectivity index (χ3v) is 1.82. The van der Waals surface area contributed by atoms with Crippen LogP contribution in [0.25, 0.3) is 0 Å². The van der Waals surface area contributed by atoms with E-state index in [1.807, 2.05) is 31.2 Å². The highest BCUT2D eigenvalue weighted by molar-refractivity contribution is 7.58. The third-order valence-electron chi connectivity index (χ3n) is 1.49. The van der Waals surface area contributed by atoms with Gasteiger partial charge in [-0.3, -0.25) is 0 Å². The Morgan fingerprint density at radius 2 is 1.83 bits per heavy atom. The Balaban J connectivity index is 2.58. The molecule has 1 rings (SSSR count). The molecule has 0 saturated heterocycles. The second-order valence-electron chi connectivity index (χ2n) is 2.45. The summed E-state index contributed by atoms with van der Waals surface area (Å²) >= 11 is 3.39. The first-order chi connectivity index (χ1) is 5.72. The molecule has 2 nitrogen and oxygen atoms in total. The van der Waals surface area contributed by atoms with Crippen molar-refractivity contribution in [2.75, 3.05) is 7.11 Å². The maximum Gasteiger partial charge on any atom is 0.196 e. The van der Waals surface area contributed by atoms with Crippen LogP contribution in [0.4, 0.5) is 0 Å². The molecule has 3 heteroatoms. The van der Waals surface area contributed by atoms with Crippen LogP contribution in [0.15, 0.2) is 29.2 Å². The summed E-state index contributed by atoms with van der Waals surface area (Å²) in [5.74, 6) is 0.811. The van der Waals surface area contributed by atoms with Gasteiger partial charge >= 0.3 is 0 Å². The smallest absolute Gasteiger partial charge is 0.196 e.